The van der Waals surface area contributed by atoms with Gasteiger partial charge in [0.1, 0.15) is 0 Å². The molecule has 0 saturated carbocycles. The van der Waals surface area contributed by atoms with Gasteiger partial charge in [0, 0.05) is 0 Å². The lowest BCUT2D eigenvalue weighted by Crippen LogP contribution is -2.27. The number of hydrogen-bond donors (Lipinski definition) is 1. The second kappa shape index (κ2) is 3.59. The number of aliphatic hydroxyl groups is 1. The summed E-state index contributed by atoms with van der Waals surface area (Å²) >= 11 is 0. The van der Waals surface area contributed by atoms with Gasteiger partial charge in [-0.05, 0) is 48.3 Å². The molecule has 1 nitrogen and oxygen atoms in total. The average molecular weight is 218 g/mol. The van der Waals surface area contributed by atoms with Gasteiger partial charge in [-0.25, -0.2) is 0 Å². The lowest BCUT2D eigenvalue weighted by molar-refractivity contribution is 0.0386. The molecule has 1 unspecified atom stereocenters. The zero-order chi connectivity index (χ0) is 12.0. The van der Waals surface area contributed by atoms with Crippen LogP contribution in [0.3, 0.4) is 0 Å². The lowest BCUT2D eigenvalue weighted by atomic mass is 9.76. The number of rotatable bonds is 0. The zero-order valence-corrected chi connectivity index (χ0v) is 10.8. The molecular formula is C15H22O. The molecule has 1 aromatic carbocycles. The van der Waals surface area contributed by atoms with Gasteiger partial charge in [0.15, 0.2) is 0 Å². The fourth-order valence-corrected chi connectivity index (χ4v) is 2.52. The van der Waals surface area contributed by atoms with Crippen LogP contribution in [0, 0.1) is 0 Å². The fourth-order valence-electron chi connectivity index (χ4n) is 2.52. The molecule has 0 amide bonds. The highest BCUT2D eigenvalue weighted by atomic mass is 16.3. The number of hydrogen-bond acceptors (Lipinski definition) is 1. The van der Waals surface area contributed by atoms with Crippen LogP contribution in [-0.4, -0.2) is 5.11 Å². The topological polar surface area (TPSA) is 20.2 Å². The normalized spacial score (nSPS) is 25.3. The molecule has 2 rings (SSSR count). The fraction of sp³-hybridized carbons (Fsp3) is 0.600. The molecule has 1 N–H and O–H groups in total. The summed E-state index contributed by atoms with van der Waals surface area (Å²) in [6.45, 7) is 8.59. The molecule has 0 bridgehead atoms. The van der Waals surface area contributed by atoms with Crippen LogP contribution in [0.4, 0.5) is 0 Å². The van der Waals surface area contributed by atoms with Crippen LogP contribution in [0.5, 0.6) is 0 Å². The first-order chi connectivity index (χ1) is 7.31. The van der Waals surface area contributed by atoms with E-state index in [9.17, 15) is 5.11 Å². The molecule has 1 aliphatic rings. The highest BCUT2D eigenvalue weighted by Gasteiger charge is 2.30. The summed E-state index contributed by atoms with van der Waals surface area (Å²) in [7, 11) is 0. The summed E-state index contributed by atoms with van der Waals surface area (Å²) in [6.07, 6.45) is 3.08. The third-order valence-corrected chi connectivity index (χ3v) is 3.67. The van der Waals surface area contributed by atoms with Crippen LogP contribution in [0.25, 0.3) is 0 Å². The van der Waals surface area contributed by atoms with Crippen LogP contribution in [0.2, 0.25) is 0 Å². The van der Waals surface area contributed by atoms with Gasteiger partial charge >= 0.3 is 0 Å². The van der Waals surface area contributed by atoms with Crippen LogP contribution < -0.4 is 0 Å². The Kier molecular flexibility index (Phi) is 2.62. The quantitative estimate of drug-likeness (QED) is 0.706. The van der Waals surface area contributed by atoms with E-state index in [-0.39, 0.29) is 5.41 Å². The van der Waals surface area contributed by atoms with Gasteiger partial charge in [-0.15, -0.1) is 0 Å². The Bertz CT molecular complexity index is 396. The van der Waals surface area contributed by atoms with Crippen molar-refractivity contribution in [3.8, 4) is 0 Å². The Morgan fingerprint density at radius 3 is 2.56 bits per heavy atom. The highest BCUT2D eigenvalue weighted by Crippen LogP contribution is 2.37. The SMILES string of the molecule is CC(C)(C)c1ccc2c(c1)C(C)(O)CCC2. The van der Waals surface area contributed by atoms with Crippen LogP contribution in [0.1, 0.15) is 57.2 Å². The minimum Gasteiger partial charge on any atom is -0.385 e. The zero-order valence-electron chi connectivity index (χ0n) is 10.8. The van der Waals surface area contributed by atoms with E-state index in [1.165, 1.54) is 11.1 Å². The first kappa shape index (κ1) is 11.7. The third kappa shape index (κ3) is 2.01. The maximum Gasteiger partial charge on any atom is 0.0871 e. The minimum absolute atomic E-state index is 0.155. The van der Waals surface area contributed by atoms with Crippen molar-refractivity contribution in [3.63, 3.8) is 0 Å². The predicted octanol–water partition coefficient (Wildman–Crippen LogP) is 3.53. The summed E-state index contributed by atoms with van der Waals surface area (Å²) < 4.78 is 0. The standard InChI is InChI=1S/C15H22O/c1-14(2,3)12-8-7-11-6-5-9-15(4,16)13(11)10-12/h7-8,10,16H,5-6,9H2,1-4H3. The van der Waals surface area contributed by atoms with E-state index in [1.54, 1.807) is 0 Å². The molecule has 1 heteroatoms. The lowest BCUT2D eigenvalue weighted by Gasteiger charge is -2.33. The largest absolute Gasteiger partial charge is 0.385 e. The van der Waals surface area contributed by atoms with Gasteiger partial charge in [0.25, 0.3) is 0 Å². The van der Waals surface area contributed by atoms with Crippen molar-refractivity contribution in [2.75, 3.05) is 0 Å². The van der Waals surface area contributed by atoms with Crippen molar-refractivity contribution in [2.24, 2.45) is 0 Å². The summed E-state index contributed by atoms with van der Waals surface area (Å²) in [6, 6.07) is 6.61. The average Bonchev–Trinajstić information content (AvgIpc) is 2.15. The van der Waals surface area contributed by atoms with E-state index in [1.807, 2.05) is 6.92 Å². The molecule has 0 aromatic heterocycles. The number of benzene rings is 1. The third-order valence-electron chi connectivity index (χ3n) is 3.67. The highest BCUT2D eigenvalue weighted by molar-refractivity contribution is 5.40. The Morgan fingerprint density at radius 2 is 1.94 bits per heavy atom. The first-order valence-electron chi connectivity index (χ1n) is 6.17. The maximum absolute atomic E-state index is 10.4. The van der Waals surface area contributed by atoms with Crippen molar-refractivity contribution in [3.05, 3.63) is 34.9 Å². The van der Waals surface area contributed by atoms with E-state index >= 15 is 0 Å². The van der Waals surface area contributed by atoms with Crippen LogP contribution >= 0.6 is 0 Å². The Morgan fingerprint density at radius 1 is 1.25 bits per heavy atom. The van der Waals surface area contributed by atoms with Gasteiger partial charge in [0.05, 0.1) is 5.60 Å². The van der Waals surface area contributed by atoms with Gasteiger partial charge in [-0.1, -0.05) is 39.0 Å². The Labute approximate surface area is 98.5 Å². The van der Waals surface area contributed by atoms with Crippen molar-refractivity contribution in [1.82, 2.24) is 0 Å². The van der Waals surface area contributed by atoms with Crippen molar-refractivity contribution < 1.29 is 5.11 Å². The summed E-state index contributed by atoms with van der Waals surface area (Å²) in [4.78, 5) is 0. The Balaban J connectivity index is 2.52. The van der Waals surface area contributed by atoms with E-state index in [4.69, 9.17) is 0 Å². The van der Waals surface area contributed by atoms with Gasteiger partial charge in [0.2, 0.25) is 0 Å². The molecule has 0 fully saturated rings. The maximum atomic E-state index is 10.4. The Hall–Kier alpha value is -0.820. The van der Waals surface area contributed by atoms with Crippen molar-refractivity contribution >= 4 is 0 Å². The monoisotopic (exact) mass is 218 g/mol. The van der Waals surface area contributed by atoms with E-state index in [0.717, 1.165) is 24.8 Å². The number of fused-ring (bicyclic) bond motifs is 1. The van der Waals surface area contributed by atoms with E-state index in [2.05, 4.69) is 39.0 Å². The molecule has 0 aliphatic heterocycles. The molecule has 16 heavy (non-hydrogen) atoms. The second-order valence-electron chi connectivity index (χ2n) is 6.25. The van der Waals surface area contributed by atoms with Crippen LogP contribution in [0.15, 0.2) is 18.2 Å². The smallest absolute Gasteiger partial charge is 0.0871 e. The second-order valence-corrected chi connectivity index (χ2v) is 6.25. The van der Waals surface area contributed by atoms with E-state index in [0.29, 0.717) is 0 Å². The summed E-state index contributed by atoms with van der Waals surface area (Å²) in [5, 5.41) is 10.4. The summed E-state index contributed by atoms with van der Waals surface area (Å²) in [5.41, 5.74) is 3.31. The molecule has 1 aliphatic carbocycles. The van der Waals surface area contributed by atoms with E-state index < -0.39 is 5.60 Å². The molecule has 0 saturated heterocycles. The molecule has 1 atom stereocenters. The molecule has 1 aromatic rings. The van der Waals surface area contributed by atoms with Crippen LogP contribution in [-0.2, 0) is 17.4 Å². The van der Waals surface area contributed by atoms with Gasteiger partial charge in [-0.3, -0.25) is 0 Å². The minimum atomic E-state index is -0.630. The number of aryl methyl sites for hydroxylation is 1. The van der Waals surface area contributed by atoms with Gasteiger partial charge in [-0.2, -0.15) is 0 Å². The molecule has 0 radical (unpaired) electrons. The molecule has 0 spiro atoms. The van der Waals surface area contributed by atoms with Gasteiger partial charge < -0.3 is 5.11 Å². The molecule has 0 heterocycles. The molecular weight excluding hydrogens is 196 g/mol. The summed E-state index contributed by atoms with van der Waals surface area (Å²) in [5.74, 6) is 0. The van der Waals surface area contributed by atoms with Crippen molar-refractivity contribution in [2.45, 2.75) is 58.0 Å². The first-order valence-corrected chi connectivity index (χ1v) is 6.17. The predicted molar refractivity (Wildman–Crippen MR) is 67.7 cm³/mol. The van der Waals surface area contributed by atoms with Crippen molar-refractivity contribution in [1.29, 1.82) is 0 Å². The molecule has 88 valence electrons.